The number of rotatable bonds is 6. The van der Waals surface area contributed by atoms with Crippen molar-refractivity contribution in [2.75, 3.05) is 18.4 Å². The number of hydrogen-bond acceptors (Lipinski definition) is 6. The number of non-ortho nitro benzene ring substituents is 1. The van der Waals surface area contributed by atoms with Crippen molar-refractivity contribution in [3.8, 4) is 0 Å². The Morgan fingerprint density at radius 3 is 2.46 bits per heavy atom. The molecule has 0 radical (unpaired) electrons. The second-order valence-electron chi connectivity index (χ2n) is 7.25. The first kappa shape index (κ1) is 19.8. The van der Waals surface area contributed by atoms with E-state index >= 15 is 0 Å². The van der Waals surface area contributed by atoms with E-state index in [2.05, 4.69) is 5.32 Å². The van der Waals surface area contributed by atoms with Gasteiger partial charge in [-0.2, -0.15) is 0 Å². The maximum atomic E-state index is 12.3. The molecule has 9 heteroatoms. The zero-order valence-electron chi connectivity index (χ0n) is 15.6. The van der Waals surface area contributed by atoms with Crippen molar-refractivity contribution in [3.63, 3.8) is 0 Å². The monoisotopic (exact) mass is 389 g/mol. The standard InChI is InChI=1S/C19H23N3O6/c1-12(17(23)20-15-3-2-4-16(11-15)22(26)27)28-19(25)14-7-9-21(10-8-14)18(24)13-5-6-13/h2-4,11-14H,5-10H2,1H3,(H,20,23)/t12-/m1/s1. The zero-order valence-corrected chi connectivity index (χ0v) is 15.6. The fraction of sp³-hybridized carbons (Fsp3) is 0.526. The van der Waals surface area contributed by atoms with Crippen LogP contribution in [0, 0.1) is 22.0 Å². The van der Waals surface area contributed by atoms with Crippen LogP contribution in [-0.2, 0) is 19.1 Å². The van der Waals surface area contributed by atoms with E-state index in [4.69, 9.17) is 4.74 Å². The molecule has 1 saturated carbocycles. The second kappa shape index (κ2) is 8.37. The molecule has 1 atom stereocenters. The average Bonchev–Trinajstić information content (AvgIpc) is 3.53. The van der Waals surface area contributed by atoms with E-state index in [1.165, 1.54) is 31.2 Å². The number of amides is 2. The lowest BCUT2D eigenvalue weighted by Crippen LogP contribution is -2.42. The Balaban J connectivity index is 1.47. The van der Waals surface area contributed by atoms with Gasteiger partial charge in [-0.3, -0.25) is 24.5 Å². The largest absolute Gasteiger partial charge is 0.452 e. The van der Waals surface area contributed by atoms with E-state index in [-0.39, 0.29) is 29.1 Å². The third kappa shape index (κ3) is 4.85. The van der Waals surface area contributed by atoms with Gasteiger partial charge in [0, 0.05) is 36.8 Å². The molecule has 1 saturated heterocycles. The summed E-state index contributed by atoms with van der Waals surface area (Å²) in [6.45, 7) is 2.52. The van der Waals surface area contributed by atoms with Crippen molar-refractivity contribution in [1.29, 1.82) is 0 Å². The van der Waals surface area contributed by atoms with Crippen LogP contribution >= 0.6 is 0 Å². The molecule has 2 aliphatic rings. The number of nitro benzene ring substituents is 1. The molecule has 0 spiro atoms. The highest BCUT2D eigenvalue weighted by atomic mass is 16.6. The smallest absolute Gasteiger partial charge is 0.309 e. The minimum atomic E-state index is -1.03. The predicted octanol–water partition coefficient (Wildman–Crippen LogP) is 2.11. The predicted molar refractivity (Wildman–Crippen MR) is 99.3 cm³/mol. The first-order valence-corrected chi connectivity index (χ1v) is 9.39. The number of nitrogens with one attached hydrogen (secondary N) is 1. The summed E-state index contributed by atoms with van der Waals surface area (Å²) in [4.78, 5) is 48.7. The van der Waals surface area contributed by atoms with Crippen molar-refractivity contribution in [2.24, 2.45) is 11.8 Å². The highest BCUT2D eigenvalue weighted by molar-refractivity contribution is 5.95. The van der Waals surface area contributed by atoms with Crippen LogP contribution in [0.4, 0.5) is 11.4 Å². The molecule has 1 aromatic carbocycles. The highest BCUT2D eigenvalue weighted by Crippen LogP contribution is 2.32. The molecule has 0 unspecified atom stereocenters. The molecule has 0 bridgehead atoms. The van der Waals surface area contributed by atoms with Gasteiger partial charge in [0.15, 0.2) is 6.10 Å². The molecule has 1 N–H and O–H groups in total. The summed E-state index contributed by atoms with van der Waals surface area (Å²) in [7, 11) is 0. The van der Waals surface area contributed by atoms with Crippen LogP contribution in [0.3, 0.4) is 0 Å². The lowest BCUT2D eigenvalue weighted by molar-refractivity contribution is -0.384. The SMILES string of the molecule is C[C@@H](OC(=O)C1CCN(C(=O)C2CC2)CC1)C(=O)Nc1cccc([N+](=O)[O-])c1. The zero-order chi connectivity index (χ0) is 20.3. The Kier molecular flexibility index (Phi) is 5.91. The molecular weight excluding hydrogens is 366 g/mol. The maximum Gasteiger partial charge on any atom is 0.309 e. The number of hydrogen-bond donors (Lipinski definition) is 1. The Morgan fingerprint density at radius 1 is 1.18 bits per heavy atom. The highest BCUT2D eigenvalue weighted by Gasteiger charge is 2.36. The van der Waals surface area contributed by atoms with Gasteiger partial charge >= 0.3 is 5.97 Å². The molecule has 0 aromatic heterocycles. The fourth-order valence-corrected chi connectivity index (χ4v) is 3.19. The molecule has 28 heavy (non-hydrogen) atoms. The number of nitro groups is 1. The average molecular weight is 389 g/mol. The van der Waals surface area contributed by atoms with Crippen molar-refractivity contribution in [1.82, 2.24) is 4.90 Å². The topological polar surface area (TPSA) is 119 Å². The van der Waals surface area contributed by atoms with E-state index in [0.717, 1.165) is 12.8 Å². The van der Waals surface area contributed by atoms with Crippen molar-refractivity contribution < 1.29 is 24.0 Å². The van der Waals surface area contributed by atoms with Gasteiger partial charge in [0.2, 0.25) is 5.91 Å². The summed E-state index contributed by atoms with van der Waals surface area (Å²) >= 11 is 0. The van der Waals surface area contributed by atoms with E-state index in [1.807, 2.05) is 0 Å². The minimum Gasteiger partial charge on any atom is -0.452 e. The summed E-state index contributed by atoms with van der Waals surface area (Å²) in [5.41, 5.74) is 0.115. The van der Waals surface area contributed by atoms with Gasteiger partial charge in [-0.05, 0) is 38.7 Å². The van der Waals surface area contributed by atoms with Crippen LogP contribution < -0.4 is 5.32 Å². The lowest BCUT2D eigenvalue weighted by atomic mass is 9.96. The van der Waals surface area contributed by atoms with Gasteiger partial charge in [-0.25, -0.2) is 0 Å². The van der Waals surface area contributed by atoms with Crippen LogP contribution in [0.1, 0.15) is 32.6 Å². The minimum absolute atomic E-state index is 0.144. The summed E-state index contributed by atoms with van der Waals surface area (Å²) in [6.07, 6.45) is 1.93. The van der Waals surface area contributed by atoms with Crippen LogP contribution in [0.5, 0.6) is 0 Å². The summed E-state index contributed by atoms with van der Waals surface area (Å²) in [5.74, 6) is -1.01. The molecule has 1 heterocycles. The van der Waals surface area contributed by atoms with Gasteiger partial charge < -0.3 is 15.0 Å². The molecule has 1 aliphatic carbocycles. The van der Waals surface area contributed by atoms with E-state index in [0.29, 0.717) is 25.9 Å². The molecular formula is C19H23N3O6. The molecule has 3 rings (SSSR count). The number of benzene rings is 1. The Morgan fingerprint density at radius 2 is 1.86 bits per heavy atom. The number of ether oxygens (including phenoxy) is 1. The first-order chi connectivity index (χ1) is 13.3. The molecule has 9 nitrogen and oxygen atoms in total. The fourth-order valence-electron chi connectivity index (χ4n) is 3.19. The summed E-state index contributed by atoms with van der Waals surface area (Å²) in [6, 6.07) is 5.53. The third-order valence-corrected chi connectivity index (χ3v) is 5.05. The summed E-state index contributed by atoms with van der Waals surface area (Å²) < 4.78 is 5.27. The van der Waals surface area contributed by atoms with Crippen LogP contribution in [0.15, 0.2) is 24.3 Å². The Labute approximate surface area is 162 Å². The van der Waals surface area contributed by atoms with Gasteiger partial charge in [0.1, 0.15) is 0 Å². The van der Waals surface area contributed by atoms with Crippen molar-refractivity contribution >= 4 is 29.2 Å². The Bertz CT molecular complexity index is 784. The maximum absolute atomic E-state index is 12.3. The second-order valence-corrected chi connectivity index (χ2v) is 7.25. The van der Waals surface area contributed by atoms with Gasteiger partial charge in [-0.15, -0.1) is 0 Å². The van der Waals surface area contributed by atoms with Crippen molar-refractivity contribution in [3.05, 3.63) is 34.4 Å². The van der Waals surface area contributed by atoms with Gasteiger partial charge in [0.25, 0.3) is 11.6 Å². The summed E-state index contributed by atoms with van der Waals surface area (Å²) in [5, 5.41) is 13.3. The molecule has 1 aliphatic heterocycles. The quantitative estimate of drug-likeness (QED) is 0.452. The molecule has 2 fully saturated rings. The van der Waals surface area contributed by atoms with E-state index in [1.54, 1.807) is 4.90 Å². The number of nitrogens with zero attached hydrogens (tertiary/aromatic N) is 2. The van der Waals surface area contributed by atoms with Crippen LogP contribution in [0.2, 0.25) is 0 Å². The normalized spacial score (nSPS) is 18.2. The van der Waals surface area contributed by atoms with Crippen LogP contribution in [0.25, 0.3) is 0 Å². The third-order valence-electron chi connectivity index (χ3n) is 5.05. The lowest BCUT2D eigenvalue weighted by Gasteiger charge is -2.31. The molecule has 2 amide bonds. The van der Waals surface area contributed by atoms with Gasteiger partial charge in [0.05, 0.1) is 10.8 Å². The van der Waals surface area contributed by atoms with Gasteiger partial charge in [-0.1, -0.05) is 6.07 Å². The molecule has 150 valence electrons. The number of carbonyl (C=O) groups excluding carboxylic acids is 3. The number of carbonyl (C=O) groups is 3. The molecule has 1 aromatic rings. The van der Waals surface area contributed by atoms with E-state index < -0.39 is 22.9 Å². The van der Waals surface area contributed by atoms with Crippen molar-refractivity contribution in [2.45, 2.75) is 38.7 Å². The Hall–Kier alpha value is -2.97. The van der Waals surface area contributed by atoms with Crippen LogP contribution in [-0.4, -0.2) is 46.8 Å². The number of anilines is 1. The first-order valence-electron chi connectivity index (χ1n) is 9.39. The van der Waals surface area contributed by atoms with E-state index in [9.17, 15) is 24.5 Å². The number of esters is 1. The number of likely N-dealkylation sites (tertiary alicyclic amines) is 1. The number of piperidine rings is 1.